The Kier molecular flexibility index (Phi) is 7.41. The van der Waals surface area contributed by atoms with E-state index in [1.807, 2.05) is 61.5 Å². The highest BCUT2D eigenvalue weighted by Crippen LogP contribution is 2.29. The minimum absolute atomic E-state index is 0.0868. The zero-order valence-electron chi connectivity index (χ0n) is 19.4. The number of halogens is 1. The molecule has 1 amide bonds. The lowest BCUT2D eigenvalue weighted by molar-refractivity contribution is 0.0943. The Morgan fingerprint density at radius 1 is 1.00 bits per heavy atom. The van der Waals surface area contributed by atoms with Crippen LogP contribution in [0.4, 0.5) is 0 Å². The molecule has 7 heteroatoms. The van der Waals surface area contributed by atoms with Crippen LogP contribution in [0.5, 0.6) is 0 Å². The number of aryl methyl sites for hydroxylation is 1. The van der Waals surface area contributed by atoms with E-state index >= 15 is 0 Å². The summed E-state index contributed by atoms with van der Waals surface area (Å²) in [5.74, 6) is 0.0841. The molecule has 0 spiro atoms. The Hall–Kier alpha value is -2.67. The Balaban J connectivity index is 1.66. The molecule has 1 N–H and O–H groups in total. The SMILES string of the molecule is Cc1ccccc1[C@@H](NC(=O)c1cc(S(=O)(=O)N2CCC(C)CC2)ccc1Cl)c1ccccc1. The van der Waals surface area contributed by atoms with E-state index in [-0.39, 0.29) is 15.5 Å². The largest absolute Gasteiger partial charge is 0.341 e. The summed E-state index contributed by atoms with van der Waals surface area (Å²) in [5, 5.41) is 3.29. The van der Waals surface area contributed by atoms with Gasteiger partial charge < -0.3 is 5.32 Å². The molecule has 0 aromatic heterocycles. The first-order chi connectivity index (χ1) is 16.3. The molecule has 0 unspecified atom stereocenters. The van der Waals surface area contributed by atoms with Crippen LogP contribution in [0.1, 0.15) is 52.9 Å². The molecule has 1 fully saturated rings. The number of piperidine rings is 1. The number of carbonyl (C=O) groups excluding carboxylic acids is 1. The number of rotatable bonds is 6. The maximum atomic E-state index is 13.4. The van der Waals surface area contributed by atoms with Crippen LogP contribution >= 0.6 is 11.6 Å². The molecule has 4 rings (SSSR count). The van der Waals surface area contributed by atoms with Crippen LogP contribution in [0, 0.1) is 12.8 Å². The van der Waals surface area contributed by atoms with Crippen LogP contribution in [0.25, 0.3) is 0 Å². The molecule has 1 aliphatic rings. The quantitative estimate of drug-likeness (QED) is 0.483. The fourth-order valence-corrected chi connectivity index (χ4v) is 6.02. The standard InChI is InChI=1S/C27H29ClN2O3S/c1-19-14-16-30(17-15-19)34(32,33)22-12-13-25(28)24(18-22)27(31)29-26(21-9-4-3-5-10-21)23-11-7-6-8-20(23)2/h3-13,18-19,26H,14-17H2,1-2H3,(H,29,31)/t26-/m0/s1. The van der Waals surface area contributed by atoms with Gasteiger partial charge >= 0.3 is 0 Å². The number of nitrogens with zero attached hydrogens (tertiary/aromatic N) is 1. The summed E-state index contributed by atoms with van der Waals surface area (Å²) in [7, 11) is -3.70. The monoisotopic (exact) mass is 496 g/mol. The van der Waals surface area contributed by atoms with Crippen molar-refractivity contribution in [3.8, 4) is 0 Å². The average molecular weight is 497 g/mol. The lowest BCUT2D eigenvalue weighted by Crippen LogP contribution is -2.38. The molecule has 3 aromatic rings. The summed E-state index contributed by atoms with van der Waals surface area (Å²) >= 11 is 6.38. The van der Waals surface area contributed by atoms with Gasteiger partial charge in [0.1, 0.15) is 0 Å². The molecule has 0 bridgehead atoms. The van der Waals surface area contributed by atoms with Gasteiger partial charge in [-0.15, -0.1) is 0 Å². The summed E-state index contributed by atoms with van der Waals surface area (Å²) in [6, 6.07) is 21.5. The number of nitrogens with one attached hydrogen (secondary N) is 1. The lowest BCUT2D eigenvalue weighted by Gasteiger charge is -2.29. The molecule has 1 saturated heterocycles. The minimum atomic E-state index is -3.70. The number of sulfonamides is 1. The van der Waals surface area contributed by atoms with Crippen LogP contribution in [-0.2, 0) is 10.0 Å². The van der Waals surface area contributed by atoms with Gasteiger partial charge in [-0.3, -0.25) is 4.79 Å². The molecule has 34 heavy (non-hydrogen) atoms. The van der Waals surface area contributed by atoms with Crippen molar-refractivity contribution in [2.45, 2.75) is 37.6 Å². The van der Waals surface area contributed by atoms with E-state index in [1.165, 1.54) is 22.5 Å². The van der Waals surface area contributed by atoms with Crippen molar-refractivity contribution in [3.05, 3.63) is 100 Å². The van der Waals surface area contributed by atoms with E-state index in [4.69, 9.17) is 11.6 Å². The maximum Gasteiger partial charge on any atom is 0.253 e. The summed E-state index contributed by atoms with van der Waals surface area (Å²) in [6.45, 7) is 5.09. The topological polar surface area (TPSA) is 66.5 Å². The Bertz CT molecular complexity index is 1270. The second kappa shape index (κ2) is 10.3. The molecule has 0 saturated carbocycles. The van der Waals surface area contributed by atoms with E-state index in [0.717, 1.165) is 29.5 Å². The molecule has 3 aromatic carbocycles. The van der Waals surface area contributed by atoms with Crippen LogP contribution in [0.2, 0.25) is 5.02 Å². The van der Waals surface area contributed by atoms with Crippen LogP contribution in [0.15, 0.2) is 77.7 Å². The lowest BCUT2D eigenvalue weighted by atomic mass is 9.94. The van der Waals surface area contributed by atoms with Gasteiger partial charge in [0.15, 0.2) is 0 Å². The third-order valence-corrected chi connectivity index (χ3v) is 8.69. The van der Waals surface area contributed by atoms with Crippen molar-refractivity contribution in [2.24, 2.45) is 5.92 Å². The first-order valence-electron chi connectivity index (χ1n) is 11.5. The number of amides is 1. The van der Waals surface area contributed by atoms with Crippen molar-refractivity contribution in [3.63, 3.8) is 0 Å². The first kappa shape index (κ1) is 24.5. The van der Waals surface area contributed by atoms with Crippen LogP contribution < -0.4 is 5.32 Å². The highest BCUT2D eigenvalue weighted by molar-refractivity contribution is 7.89. The molecule has 0 radical (unpaired) electrons. The van der Waals surface area contributed by atoms with E-state index in [1.54, 1.807) is 0 Å². The van der Waals surface area contributed by atoms with Crippen molar-refractivity contribution < 1.29 is 13.2 Å². The van der Waals surface area contributed by atoms with E-state index in [2.05, 4.69) is 12.2 Å². The van der Waals surface area contributed by atoms with Gasteiger partial charge in [0.2, 0.25) is 10.0 Å². The predicted molar refractivity (Wildman–Crippen MR) is 136 cm³/mol. The minimum Gasteiger partial charge on any atom is -0.341 e. The van der Waals surface area contributed by atoms with Gasteiger partial charge in [0.25, 0.3) is 5.91 Å². The molecular formula is C27H29ClN2O3S. The van der Waals surface area contributed by atoms with Gasteiger partial charge in [0.05, 0.1) is 21.5 Å². The summed E-state index contributed by atoms with van der Waals surface area (Å²) in [4.78, 5) is 13.5. The maximum absolute atomic E-state index is 13.4. The highest BCUT2D eigenvalue weighted by Gasteiger charge is 2.29. The molecule has 178 valence electrons. The molecule has 1 heterocycles. The molecule has 1 aliphatic heterocycles. The number of hydrogen-bond acceptors (Lipinski definition) is 3. The first-order valence-corrected chi connectivity index (χ1v) is 13.3. The summed E-state index contributed by atoms with van der Waals surface area (Å²) in [6.07, 6.45) is 1.66. The van der Waals surface area contributed by atoms with Crippen molar-refractivity contribution >= 4 is 27.5 Å². The second-order valence-corrected chi connectivity index (χ2v) is 11.2. The Morgan fingerprint density at radius 3 is 2.32 bits per heavy atom. The molecule has 5 nitrogen and oxygen atoms in total. The molecule has 0 aliphatic carbocycles. The number of carbonyl (C=O) groups is 1. The van der Waals surface area contributed by atoms with Crippen molar-refractivity contribution in [1.82, 2.24) is 9.62 Å². The van der Waals surface area contributed by atoms with Gasteiger partial charge in [-0.1, -0.05) is 73.1 Å². The highest BCUT2D eigenvalue weighted by atomic mass is 35.5. The summed E-state index contributed by atoms with van der Waals surface area (Å²) in [5.41, 5.74) is 3.07. The number of hydrogen-bond donors (Lipinski definition) is 1. The van der Waals surface area contributed by atoms with Gasteiger partial charge in [-0.25, -0.2) is 8.42 Å². The predicted octanol–water partition coefficient (Wildman–Crippen LogP) is 5.59. The van der Waals surface area contributed by atoms with Gasteiger partial charge in [0, 0.05) is 13.1 Å². The third kappa shape index (κ3) is 5.19. The average Bonchev–Trinajstić information content (AvgIpc) is 2.84. The smallest absolute Gasteiger partial charge is 0.253 e. The number of benzene rings is 3. The van der Waals surface area contributed by atoms with E-state index in [0.29, 0.717) is 19.0 Å². The summed E-state index contributed by atoms with van der Waals surface area (Å²) < 4.78 is 28.0. The normalized spacial score (nSPS) is 16.2. The zero-order chi connectivity index (χ0) is 24.3. The van der Waals surface area contributed by atoms with Crippen LogP contribution in [-0.4, -0.2) is 31.7 Å². The third-order valence-electron chi connectivity index (χ3n) is 6.47. The molecular weight excluding hydrogens is 468 g/mol. The van der Waals surface area contributed by atoms with Gasteiger partial charge in [-0.05, 0) is 60.6 Å². The fourth-order valence-electron chi connectivity index (χ4n) is 4.32. The van der Waals surface area contributed by atoms with Crippen LogP contribution in [0.3, 0.4) is 0 Å². The Morgan fingerprint density at radius 2 is 1.65 bits per heavy atom. The van der Waals surface area contributed by atoms with E-state index in [9.17, 15) is 13.2 Å². The van der Waals surface area contributed by atoms with Crippen molar-refractivity contribution in [2.75, 3.05) is 13.1 Å². The zero-order valence-corrected chi connectivity index (χ0v) is 20.9. The fraction of sp³-hybridized carbons (Fsp3) is 0.296. The Labute approximate surface area is 206 Å². The second-order valence-electron chi connectivity index (χ2n) is 8.90. The van der Waals surface area contributed by atoms with Gasteiger partial charge in [-0.2, -0.15) is 4.31 Å². The van der Waals surface area contributed by atoms with Crippen molar-refractivity contribution in [1.29, 1.82) is 0 Å². The van der Waals surface area contributed by atoms with E-state index < -0.39 is 22.0 Å². The molecule has 1 atom stereocenters.